The lowest BCUT2D eigenvalue weighted by atomic mass is 10.2. The largest absolute Gasteiger partial charge is 0.508 e. The number of nitrogens with zero attached hydrogens (tertiary/aromatic N) is 4. The highest BCUT2D eigenvalue weighted by Crippen LogP contribution is 2.22. The number of hydrogen-bond acceptors (Lipinski definition) is 6. The molecule has 0 amide bonds. The van der Waals surface area contributed by atoms with Gasteiger partial charge in [0.15, 0.2) is 0 Å². The van der Waals surface area contributed by atoms with Gasteiger partial charge in [0.1, 0.15) is 16.5 Å². The minimum atomic E-state index is -3.47. The Labute approximate surface area is 160 Å². The Kier molecular flexibility index (Phi) is 5.86. The molecule has 1 fully saturated rings. The number of phenolic OH excluding ortho intramolecular Hbond substituents is 1. The summed E-state index contributed by atoms with van der Waals surface area (Å²) in [4.78, 5) is 9.05. The second-order valence-electron chi connectivity index (χ2n) is 6.43. The van der Waals surface area contributed by atoms with Crippen LogP contribution in [0.3, 0.4) is 0 Å². The number of sulfonamides is 1. The molecule has 1 aromatic carbocycles. The number of aromatic nitrogens is 1. The topological polar surface area (TPSA) is 77.0 Å². The van der Waals surface area contributed by atoms with Crippen molar-refractivity contribution in [2.75, 3.05) is 49.1 Å². The van der Waals surface area contributed by atoms with Gasteiger partial charge in [-0.05, 0) is 36.4 Å². The predicted octanol–water partition coefficient (Wildman–Crippen LogP) is 2.14. The summed E-state index contributed by atoms with van der Waals surface area (Å²) in [6, 6.07) is 10.6. The lowest BCUT2D eigenvalue weighted by molar-refractivity contribution is 0.445. The molecule has 2 heterocycles. The first-order chi connectivity index (χ1) is 13.0. The summed E-state index contributed by atoms with van der Waals surface area (Å²) >= 11 is 0. The van der Waals surface area contributed by atoms with Crippen molar-refractivity contribution in [1.29, 1.82) is 0 Å². The summed E-state index contributed by atoms with van der Waals surface area (Å²) in [5.74, 6) is 1.06. The van der Waals surface area contributed by atoms with Crippen LogP contribution in [0.15, 0.2) is 47.5 Å². The first-order valence-corrected chi connectivity index (χ1v) is 10.6. The van der Waals surface area contributed by atoms with Crippen LogP contribution in [-0.2, 0) is 10.0 Å². The summed E-state index contributed by atoms with van der Waals surface area (Å²) in [5, 5.41) is 9.41. The number of phenols is 1. The van der Waals surface area contributed by atoms with Crippen LogP contribution in [0.25, 0.3) is 0 Å². The van der Waals surface area contributed by atoms with E-state index < -0.39 is 10.0 Å². The zero-order valence-corrected chi connectivity index (χ0v) is 16.6. The molecule has 1 N–H and O–H groups in total. The average Bonchev–Trinajstić information content (AvgIpc) is 2.69. The first-order valence-electron chi connectivity index (χ1n) is 9.20. The standard InChI is InChI=1S/C19H26N4O3S/c1-3-23(4-2)27(25,26)18-9-10-19(20-15-18)22-13-11-21(12-14-22)16-5-7-17(24)8-6-16/h5-10,15,24H,3-4,11-14H2,1-2H3. The smallest absolute Gasteiger partial charge is 0.244 e. The molecule has 0 spiro atoms. The van der Waals surface area contributed by atoms with Crippen LogP contribution in [0, 0.1) is 0 Å². The van der Waals surface area contributed by atoms with E-state index >= 15 is 0 Å². The van der Waals surface area contributed by atoms with Crippen LogP contribution in [0.2, 0.25) is 0 Å². The molecule has 0 saturated carbocycles. The van der Waals surface area contributed by atoms with Gasteiger partial charge in [0.05, 0.1) is 0 Å². The van der Waals surface area contributed by atoms with Crippen LogP contribution in [0.1, 0.15) is 13.8 Å². The highest BCUT2D eigenvalue weighted by atomic mass is 32.2. The minimum Gasteiger partial charge on any atom is -0.508 e. The lowest BCUT2D eigenvalue weighted by Gasteiger charge is -2.36. The number of hydrogen-bond donors (Lipinski definition) is 1. The van der Waals surface area contributed by atoms with Gasteiger partial charge in [-0.1, -0.05) is 13.8 Å². The SMILES string of the molecule is CCN(CC)S(=O)(=O)c1ccc(N2CCN(c3ccc(O)cc3)CC2)nc1. The van der Waals surface area contributed by atoms with Gasteiger partial charge in [-0.2, -0.15) is 4.31 Å². The Bertz CT molecular complexity index is 842. The van der Waals surface area contributed by atoms with Gasteiger partial charge in [-0.25, -0.2) is 13.4 Å². The molecular formula is C19H26N4O3S. The van der Waals surface area contributed by atoms with E-state index in [1.165, 1.54) is 10.5 Å². The van der Waals surface area contributed by atoms with Gasteiger partial charge >= 0.3 is 0 Å². The van der Waals surface area contributed by atoms with Crippen molar-refractivity contribution in [2.45, 2.75) is 18.7 Å². The second kappa shape index (κ2) is 8.14. The third-order valence-corrected chi connectivity index (χ3v) is 6.92. The fraction of sp³-hybridized carbons (Fsp3) is 0.421. The molecule has 7 nitrogen and oxygen atoms in total. The molecule has 1 aliphatic heterocycles. The van der Waals surface area contributed by atoms with E-state index in [1.54, 1.807) is 24.3 Å². The molecule has 27 heavy (non-hydrogen) atoms. The van der Waals surface area contributed by atoms with Crippen molar-refractivity contribution in [2.24, 2.45) is 0 Å². The van der Waals surface area contributed by atoms with Gasteiger partial charge < -0.3 is 14.9 Å². The molecule has 0 bridgehead atoms. The molecule has 8 heteroatoms. The fourth-order valence-corrected chi connectivity index (χ4v) is 4.69. The van der Waals surface area contributed by atoms with Crippen LogP contribution in [0.5, 0.6) is 5.75 Å². The van der Waals surface area contributed by atoms with Crippen molar-refractivity contribution in [3.8, 4) is 5.75 Å². The predicted molar refractivity (Wildman–Crippen MR) is 107 cm³/mol. The van der Waals surface area contributed by atoms with Crippen LogP contribution < -0.4 is 9.80 Å². The lowest BCUT2D eigenvalue weighted by Crippen LogP contribution is -2.46. The summed E-state index contributed by atoms with van der Waals surface area (Å²) in [7, 11) is -3.47. The van der Waals surface area contributed by atoms with E-state index in [4.69, 9.17) is 0 Å². The molecule has 3 rings (SSSR count). The second-order valence-corrected chi connectivity index (χ2v) is 8.37. The molecule has 1 saturated heterocycles. The maximum absolute atomic E-state index is 12.6. The fourth-order valence-electron chi connectivity index (χ4n) is 3.28. The third kappa shape index (κ3) is 4.17. The highest BCUT2D eigenvalue weighted by molar-refractivity contribution is 7.89. The number of pyridine rings is 1. The van der Waals surface area contributed by atoms with Crippen molar-refractivity contribution in [3.63, 3.8) is 0 Å². The zero-order chi connectivity index (χ0) is 19.4. The maximum Gasteiger partial charge on any atom is 0.244 e. The Hall–Kier alpha value is -2.32. The van der Waals surface area contributed by atoms with Crippen LogP contribution in [-0.4, -0.2) is 62.1 Å². The molecule has 2 aromatic rings. The molecule has 146 valence electrons. The number of rotatable bonds is 6. The molecule has 1 aliphatic rings. The number of benzene rings is 1. The van der Waals surface area contributed by atoms with E-state index in [9.17, 15) is 13.5 Å². The van der Waals surface area contributed by atoms with Gasteiger partial charge in [0.2, 0.25) is 10.0 Å². The van der Waals surface area contributed by atoms with E-state index in [-0.39, 0.29) is 10.6 Å². The maximum atomic E-state index is 12.6. The third-order valence-electron chi connectivity index (χ3n) is 4.88. The molecule has 0 aliphatic carbocycles. The quantitative estimate of drug-likeness (QED) is 0.814. The van der Waals surface area contributed by atoms with E-state index in [2.05, 4.69) is 14.8 Å². The summed E-state index contributed by atoms with van der Waals surface area (Å²) in [5.41, 5.74) is 1.08. The summed E-state index contributed by atoms with van der Waals surface area (Å²) in [6.07, 6.45) is 1.45. The normalized spacial score (nSPS) is 15.4. The Balaban J connectivity index is 1.66. The van der Waals surface area contributed by atoms with Crippen molar-refractivity contribution >= 4 is 21.5 Å². The van der Waals surface area contributed by atoms with Crippen molar-refractivity contribution in [3.05, 3.63) is 42.6 Å². The van der Waals surface area contributed by atoms with E-state index in [1.807, 2.05) is 26.0 Å². The van der Waals surface area contributed by atoms with E-state index in [0.29, 0.717) is 13.1 Å². The highest BCUT2D eigenvalue weighted by Gasteiger charge is 2.23. The Morgan fingerprint density at radius 3 is 2.07 bits per heavy atom. The number of aromatic hydroxyl groups is 1. The molecule has 0 radical (unpaired) electrons. The molecular weight excluding hydrogens is 364 g/mol. The number of anilines is 2. The summed E-state index contributed by atoms with van der Waals surface area (Å²) in [6.45, 7) is 7.83. The van der Waals surface area contributed by atoms with Gasteiger partial charge in [-0.3, -0.25) is 0 Å². The van der Waals surface area contributed by atoms with Crippen LogP contribution >= 0.6 is 0 Å². The van der Waals surface area contributed by atoms with Gasteiger partial charge in [0, 0.05) is 51.2 Å². The summed E-state index contributed by atoms with van der Waals surface area (Å²) < 4.78 is 26.5. The van der Waals surface area contributed by atoms with Gasteiger partial charge in [0.25, 0.3) is 0 Å². The van der Waals surface area contributed by atoms with Crippen LogP contribution in [0.4, 0.5) is 11.5 Å². The number of piperazine rings is 1. The Morgan fingerprint density at radius 2 is 1.56 bits per heavy atom. The first kappa shape index (κ1) is 19.4. The van der Waals surface area contributed by atoms with E-state index in [0.717, 1.165) is 37.7 Å². The zero-order valence-electron chi connectivity index (χ0n) is 15.7. The van der Waals surface area contributed by atoms with Gasteiger partial charge in [-0.15, -0.1) is 0 Å². The molecule has 1 aromatic heterocycles. The molecule has 0 atom stereocenters. The monoisotopic (exact) mass is 390 g/mol. The minimum absolute atomic E-state index is 0.234. The van der Waals surface area contributed by atoms with Crippen molar-refractivity contribution in [1.82, 2.24) is 9.29 Å². The molecule has 0 unspecified atom stereocenters. The Morgan fingerprint density at radius 1 is 0.963 bits per heavy atom. The van der Waals surface area contributed by atoms with Crippen molar-refractivity contribution < 1.29 is 13.5 Å². The average molecular weight is 391 g/mol.